The van der Waals surface area contributed by atoms with Gasteiger partial charge in [0.05, 0.1) is 21.8 Å². The van der Waals surface area contributed by atoms with Crippen LogP contribution in [0, 0.1) is 6.92 Å². The lowest BCUT2D eigenvalue weighted by Gasteiger charge is -2.17. The van der Waals surface area contributed by atoms with Crippen molar-refractivity contribution in [3.05, 3.63) is 94.0 Å². The summed E-state index contributed by atoms with van der Waals surface area (Å²) in [4.78, 5) is 38.9. The van der Waals surface area contributed by atoms with E-state index >= 15 is 0 Å². The number of carbonyl (C=O) groups is 3. The van der Waals surface area contributed by atoms with E-state index in [2.05, 4.69) is 5.32 Å². The number of rotatable bonds is 3. The van der Waals surface area contributed by atoms with Gasteiger partial charge in [-0.1, -0.05) is 35.9 Å². The topological polar surface area (TPSA) is 66.5 Å². The van der Waals surface area contributed by atoms with Gasteiger partial charge in [-0.05, 0) is 55.0 Å². The van der Waals surface area contributed by atoms with Gasteiger partial charge >= 0.3 is 0 Å². The number of amides is 3. The Labute approximate surface area is 166 Å². The number of imide groups is 1. The summed E-state index contributed by atoms with van der Waals surface area (Å²) in [7, 11) is 0. The number of benzene rings is 3. The highest BCUT2D eigenvalue weighted by Gasteiger charge is 2.38. The molecule has 3 amide bonds. The Kier molecular flexibility index (Phi) is 4.45. The standard InChI is InChI=1S/C22H15ClN2O3/c1-13-12-15(24-20(26)14-6-3-2-4-7-14)10-11-18(13)25-21(27)16-8-5-9-17(23)19(16)22(25)28/h2-12H,1H3,(H,24,26). The first-order valence-electron chi connectivity index (χ1n) is 8.61. The highest BCUT2D eigenvalue weighted by molar-refractivity contribution is 6.42. The van der Waals surface area contributed by atoms with Crippen molar-refractivity contribution in [2.24, 2.45) is 0 Å². The highest BCUT2D eigenvalue weighted by Crippen LogP contribution is 2.34. The molecule has 0 bridgehead atoms. The molecular formula is C22H15ClN2O3. The Morgan fingerprint density at radius 1 is 0.929 bits per heavy atom. The number of fused-ring (bicyclic) bond motifs is 1. The zero-order chi connectivity index (χ0) is 19.8. The molecule has 0 fully saturated rings. The summed E-state index contributed by atoms with van der Waals surface area (Å²) in [6.07, 6.45) is 0. The molecule has 0 atom stereocenters. The van der Waals surface area contributed by atoms with E-state index in [1.807, 2.05) is 6.07 Å². The molecule has 5 nitrogen and oxygen atoms in total. The van der Waals surface area contributed by atoms with Crippen LogP contribution in [0.15, 0.2) is 66.7 Å². The molecule has 1 heterocycles. The quantitative estimate of drug-likeness (QED) is 0.659. The molecule has 0 saturated heterocycles. The van der Waals surface area contributed by atoms with Gasteiger partial charge in [0, 0.05) is 11.3 Å². The molecule has 0 saturated carbocycles. The Hall–Kier alpha value is -3.44. The lowest BCUT2D eigenvalue weighted by Crippen LogP contribution is -2.30. The van der Waals surface area contributed by atoms with Crippen LogP contribution in [0.5, 0.6) is 0 Å². The van der Waals surface area contributed by atoms with Crippen LogP contribution in [-0.2, 0) is 0 Å². The van der Waals surface area contributed by atoms with Crippen LogP contribution in [0.1, 0.15) is 36.6 Å². The molecule has 1 N–H and O–H groups in total. The number of hydrogen-bond acceptors (Lipinski definition) is 3. The number of halogens is 1. The minimum atomic E-state index is -0.449. The molecule has 1 aliphatic rings. The van der Waals surface area contributed by atoms with Crippen molar-refractivity contribution in [1.82, 2.24) is 0 Å². The number of anilines is 2. The summed E-state index contributed by atoms with van der Waals surface area (Å²) in [5, 5.41) is 3.07. The summed E-state index contributed by atoms with van der Waals surface area (Å²) >= 11 is 6.12. The van der Waals surface area contributed by atoms with E-state index in [-0.39, 0.29) is 16.5 Å². The zero-order valence-corrected chi connectivity index (χ0v) is 15.7. The van der Waals surface area contributed by atoms with Crippen LogP contribution in [0.4, 0.5) is 11.4 Å². The third-order valence-corrected chi connectivity index (χ3v) is 4.91. The van der Waals surface area contributed by atoms with E-state index in [4.69, 9.17) is 11.6 Å². The molecule has 0 radical (unpaired) electrons. The van der Waals surface area contributed by atoms with Crippen molar-refractivity contribution in [2.75, 3.05) is 10.2 Å². The number of carbonyl (C=O) groups excluding carboxylic acids is 3. The molecule has 0 aliphatic carbocycles. The summed E-state index contributed by atoms with van der Waals surface area (Å²) in [6, 6.07) is 18.7. The molecule has 0 spiro atoms. The fourth-order valence-corrected chi connectivity index (χ4v) is 3.50. The minimum absolute atomic E-state index is 0.218. The first kappa shape index (κ1) is 17.9. The molecule has 3 aromatic carbocycles. The lowest BCUT2D eigenvalue weighted by molar-refractivity contribution is 0.0924. The molecule has 3 aromatic rings. The van der Waals surface area contributed by atoms with Crippen LogP contribution in [0.25, 0.3) is 0 Å². The maximum atomic E-state index is 12.8. The number of aryl methyl sites for hydroxylation is 1. The summed E-state index contributed by atoms with van der Waals surface area (Å²) in [6.45, 7) is 1.78. The van der Waals surface area contributed by atoms with Crippen LogP contribution < -0.4 is 10.2 Å². The molecule has 0 aromatic heterocycles. The van der Waals surface area contributed by atoms with Crippen molar-refractivity contribution >= 4 is 40.7 Å². The summed E-state index contributed by atoms with van der Waals surface area (Å²) < 4.78 is 0. The SMILES string of the molecule is Cc1cc(NC(=O)c2ccccc2)ccc1N1C(=O)c2cccc(Cl)c2C1=O. The normalized spacial score (nSPS) is 12.9. The third-order valence-electron chi connectivity index (χ3n) is 4.60. The maximum Gasteiger partial charge on any atom is 0.267 e. The van der Waals surface area contributed by atoms with Gasteiger partial charge in [-0.2, -0.15) is 0 Å². The largest absolute Gasteiger partial charge is 0.322 e. The van der Waals surface area contributed by atoms with Crippen LogP contribution in [0.2, 0.25) is 5.02 Å². The van der Waals surface area contributed by atoms with Gasteiger partial charge in [0.2, 0.25) is 0 Å². The third kappa shape index (κ3) is 2.96. The van der Waals surface area contributed by atoms with Crippen LogP contribution in [0.3, 0.4) is 0 Å². The van der Waals surface area contributed by atoms with E-state index in [0.29, 0.717) is 28.1 Å². The van der Waals surface area contributed by atoms with E-state index in [1.54, 1.807) is 67.6 Å². The molecule has 6 heteroatoms. The van der Waals surface area contributed by atoms with Gasteiger partial charge in [0.15, 0.2) is 0 Å². The predicted octanol–water partition coefficient (Wildman–Crippen LogP) is 4.70. The predicted molar refractivity (Wildman–Crippen MR) is 108 cm³/mol. The second-order valence-corrected chi connectivity index (χ2v) is 6.84. The molecule has 4 rings (SSSR count). The van der Waals surface area contributed by atoms with Gasteiger partial charge in [0.1, 0.15) is 0 Å². The fraction of sp³-hybridized carbons (Fsp3) is 0.0455. The van der Waals surface area contributed by atoms with Gasteiger partial charge in [-0.25, -0.2) is 4.90 Å². The zero-order valence-electron chi connectivity index (χ0n) is 14.9. The van der Waals surface area contributed by atoms with Crippen molar-refractivity contribution in [2.45, 2.75) is 6.92 Å². The van der Waals surface area contributed by atoms with E-state index in [0.717, 1.165) is 4.90 Å². The summed E-state index contributed by atoms with van der Waals surface area (Å²) in [5.41, 5.74) is 2.76. The Morgan fingerprint density at radius 2 is 1.68 bits per heavy atom. The van der Waals surface area contributed by atoms with Crippen molar-refractivity contribution in [3.8, 4) is 0 Å². The van der Waals surface area contributed by atoms with Gasteiger partial charge in [-0.3, -0.25) is 14.4 Å². The second-order valence-electron chi connectivity index (χ2n) is 6.43. The van der Waals surface area contributed by atoms with Crippen molar-refractivity contribution < 1.29 is 14.4 Å². The van der Waals surface area contributed by atoms with Crippen LogP contribution >= 0.6 is 11.6 Å². The molecular weight excluding hydrogens is 376 g/mol. The molecule has 138 valence electrons. The fourth-order valence-electron chi connectivity index (χ4n) is 3.24. The van der Waals surface area contributed by atoms with Crippen molar-refractivity contribution in [3.63, 3.8) is 0 Å². The monoisotopic (exact) mass is 390 g/mol. The highest BCUT2D eigenvalue weighted by atomic mass is 35.5. The second kappa shape index (κ2) is 6.94. The minimum Gasteiger partial charge on any atom is -0.322 e. The van der Waals surface area contributed by atoms with Gasteiger partial charge < -0.3 is 5.32 Å². The number of nitrogens with one attached hydrogen (secondary N) is 1. The average molecular weight is 391 g/mol. The number of nitrogens with zero attached hydrogens (tertiary/aromatic N) is 1. The first-order chi connectivity index (χ1) is 13.5. The van der Waals surface area contributed by atoms with E-state index in [9.17, 15) is 14.4 Å². The smallest absolute Gasteiger partial charge is 0.267 e. The molecule has 28 heavy (non-hydrogen) atoms. The van der Waals surface area contributed by atoms with Crippen molar-refractivity contribution in [1.29, 1.82) is 0 Å². The molecule has 1 aliphatic heterocycles. The lowest BCUT2D eigenvalue weighted by atomic mass is 10.1. The Bertz CT molecular complexity index is 1130. The molecule has 0 unspecified atom stereocenters. The van der Waals surface area contributed by atoms with E-state index < -0.39 is 11.8 Å². The Morgan fingerprint density at radius 3 is 2.36 bits per heavy atom. The first-order valence-corrected chi connectivity index (χ1v) is 8.99. The van der Waals surface area contributed by atoms with E-state index in [1.165, 1.54) is 0 Å². The van der Waals surface area contributed by atoms with Crippen LogP contribution in [-0.4, -0.2) is 17.7 Å². The maximum absolute atomic E-state index is 12.8. The van der Waals surface area contributed by atoms with Gasteiger partial charge in [-0.15, -0.1) is 0 Å². The summed E-state index contributed by atoms with van der Waals surface area (Å²) in [5.74, 6) is -1.10. The average Bonchev–Trinajstić information content (AvgIpc) is 2.94. The van der Waals surface area contributed by atoms with Gasteiger partial charge in [0.25, 0.3) is 17.7 Å². The number of hydrogen-bond donors (Lipinski definition) is 1. The Balaban J connectivity index is 1.63.